The molecule has 2 aliphatic rings. The summed E-state index contributed by atoms with van der Waals surface area (Å²) in [5, 5.41) is 5.21. The Morgan fingerprint density at radius 2 is 1.92 bits per heavy atom. The van der Waals surface area contributed by atoms with Crippen molar-refractivity contribution in [2.24, 2.45) is 0 Å². The van der Waals surface area contributed by atoms with Gasteiger partial charge in [-0.3, -0.25) is 14.5 Å². The van der Waals surface area contributed by atoms with Gasteiger partial charge >= 0.3 is 0 Å². The quantitative estimate of drug-likeness (QED) is 0.463. The number of rotatable bonds is 7. The van der Waals surface area contributed by atoms with Crippen LogP contribution in [0.1, 0.15) is 51.7 Å². The second-order valence-corrected chi connectivity index (χ2v) is 11.2. The normalized spacial score (nSPS) is 22.1. The van der Waals surface area contributed by atoms with Crippen molar-refractivity contribution in [1.29, 1.82) is 0 Å². The average molecular weight is 517 g/mol. The third kappa shape index (κ3) is 5.29. The first kappa shape index (κ1) is 25.5. The van der Waals surface area contributed by atoms with E-state index in [0.29, 0.717) is 18.2 Å². The lowest BCUT2D eigenvalue weighted by atomic mass is 9.81. The van der Waals surface area contributed by atoms with Gasteiger partial charge in [0.2, 0.25) is 5.91 Å². The molecule has 194 valence electrons. The smallest absolute Gasteiger partial charge is 0.254 e. The Morgan fingerprint density at radius 1 is 1.08 bits per heavy atom. The highest BCUT2D eigenvalue weighted by molar-refractivity contribution is 7.10. The van der Waals surface area contributed by atoms with Crippen molar-refractivity contribution < 1.29 is 9.59 Å². The number of hydrogen-bond donors (Lipinski definition) is 1. The van der Waals surface area contributed by atoms with Gasteiger partial charge in [0.15, 0.2) is 0 Å². The van der Waals surface area contributed by atoms with E-state index in [1.807, 2.05) is 41.8 Å². The summed E-state index contributed by atoms with van der Waals surface area (Å²) in [6.07, 6.45) is 0.899. The summed E-state index contributed by atoms with van der Waals surface area (Å²) < 4.78 is 0. The number of fused-ring (bicyclic) bond motifs is 1. The van der Waals surface area contributed by atoms with Crippen LogP contribution in [-0.4, -0.2) is 67.4 Å². The molecule has 6 nitrogen and oxygen atoms in total. The number of piperazine rings is 1. The monoisotopic (exact) mass is 516 g/mol. The SMILES string of the molecule is Cc1cccc(N2CCN(CCCNC(=O)[C@@H]3c4ccccc4C(=O)N(C)[C@@H]3c3cccs3)C[C@H]2C)c1. The highest BCUT2D eigenvalue weighted by Crippen LogP contribution is 2.43. The molecular formula is C30H36N4O2S. The number of carbonyl (C=O) groups excluding carboxylic acids is 2. The summed E-state index contributed by atoms with van der Waals surface area (Å²) in [5.41, 5.74) is 4.04. The first-order valence-corrected chi connectivity index (χ1v) is 14.0. The predicted octanol–water partition coefficient (Wildman–Crippen LogP) is 4.68. The number of likely N-dealkylation sites (N-methyl/N-ethyl adjacent to an activating group) is 1. The molecule has 3 aromatic rings. The lowest BCUT2D eigenvalue weighted by Crippen LogP contribution is -2.52. The molecule has 0 saturated carbocycles. The van der Waals surface area contributed by atoms with E-state index < -0.39 is 5.92 Å². The fraction of sp³-hybridized carbons (Fsp3) is 0.400. The number of nitrogens with one attached hydrogen (secondary N) is 1. The number of nitrogens with zero attached hydrogens (tertiary/aromatic N) is 3. The van der Waals surface area contributed by atoms with Crippen molar-refractivity contribution in [3.8, 4) is 0 Å². The van der Waals surface area contributed by atoms with E-state index in [1.165, 1.54) is 11.3 Å². The Bertz CT molecular complexity index is 1240. The van der Waals surface area contributed by atoms with Gasteiger partial charge < -0.3 is 15.1 Å². The first-order valence-electron chi connectivity index (χ1n) is 13.2. The Balaban J connectivity index is 1.19. The topological polar surface area (TPSA) is 55.9 Å². The van der Waals surface area contributed by atoms with Crippen LogP contribution in [0.15, 0.2) is 66.0 Å². The van der Waals surface area contributed by atoms with Gasteiger partial charge in [-0.1, -0.05) is 36.4 Å². The van der Waals surface area contributed by atoms with Crippen molar-refractivity contribution in [1.82, 2.24) is 15.1 Å². The third-order valence-electron chi connectivity index (χ3n) is 7.69. The van der Waals surface area contributed by atoms with E-state index in [2.05, 4.69) is 53.2 Å². The van der Waals surface area contributed by atoms with Gasteiger partial charge in [-0.05, 0) is 67.6 Å². The second-order valence-electron chi connectivity index (χ2n) is 10.3. The van der Waals surface area contributed by atoms with Gasteiger partial charge in [-0.15, -0.1) is 11.3 Å². The minimum Gasteiger partial charge on any atom is -0.366 e. The fourth-order valence-corrected chi connectivity index (χ4v) is 6.73. The van der Waals surface area contributed by atoms with E-state index in [9.17, 15) is 9.59 Å². The Hall–Kier alpha value is -3.16. The molecule has 1 fully saturated rings. The van der Waals surface area contributed by atoms with Crippen molar-refractivity contribution in [2.75, 3.05) is 44.7 Å². The standard InChI is InChI=1S/C30H36N4O2S/c1-21-9-6-10-23(19-21)34-17-16-33(20-22(34)2)15-8-14-31-29(35)27-24-11-4-5-12-25(24)30(36)32(3)28(27)26-13-7-18-37-26/h4-7,9-13,18-19,22,27-28H,8,14-17,20H2,1-3H3,(H,31,35)/t22-,27-,28-/m1/s1. The van der Waals surface area contributed by atoms with Crippen molar-refractivity contribution in [3.63, 3.8) is 0 Å². The van der Waals surface area contributed by atoms with Gasteiger partial charge in [0.1, 0.15) is 0 Å². The van der Waals surface area contributed by atoms with Gasteiger partial charge in [-0.25, -0.2) is 0 Å². The fourth-order valence-electron chi connectivity index (χ4n) is 5.82. The minimum absolute atomic E-state index is 0.0113. The van der Waals surface area contributed by atoms with E-state index in [-0.39, 0.29) is 17.9 Å². The predicted molar refractivity (Wildman–Crippen MR) is 150 cm³/mol. The van der Waals surface area contributed by atoms with Gasteiger partial charge in [0, 0.05) is 55.4 Å². The number of benzene rings is 2. The summed E-state index contributed by atoms with van der Waals surface area (Å²) in [7, 11) is 1.81. The van der Waals surface area contributed by atoms with Crippen LogP contribution >= 0.6 is 11.3 Å². The maximum absolute atomic E-state index is 13.6. The third-order valence-corrected chi connectivity index (χ3v) is 8.63. The molecule has 0 radical (unpaired) electrons. The molecule has 7 heteroatoms. The zero-order valence-corrected chi connectivity index (χ0v) is 22.7. The van der Waals surface area contributed by atoms with E-state index in [1.54, 1.807) is 23.3 Å². The molecule has 0 spiro atoms. The van der Waals surface area contributed by atoms with Crippen LogP contribution in [0.25, 0.3) is 0 Å². The second kappa shape index (κ2) is 11.1. The van der Waals surface area contributed by atoms with E-state index >= 15 is 0 Å². The molecule has 0 unspecified atom stereocenters. The van der Waals surface area contributed by atoms with Gasteiger partial charge in [0.25, 0.3) is 5.91 Å². The van der Waals surface area contributed by atoms with E-state index in [0.717, 1.165) is 43.0 Å². The molecular weight excluding hydrogens is 480 g/mol. The van der Waals surface area contributed by atoms with Crippen molar-refractivity contribution in [2.45, 2.75) is 38.3 Å². The van der Waals surface area contributed by atoms with Crippen LogP contribution in [0.2, 0.25) is 0 Å². The molecule has 5 rings (SSSR count). The molecule has 3 atom stereocenters. The highest BCUT2D eigenvalue weighted by Gasteiger charge is 2.42. The Morgan fingerprint density at radius 3 is 2.68 bits per heavy atom. The summed E-state index contributed by atoms with van der Waals surface area (Å²) in [5.74, 6) is -0.463. The maximum atomic E-state index is 13.6. The molecule has 0 aliphatic carbocycles. The molecule has 1 N–H and O–H groups in total. The number of aryl methyl sites for hydroxylation is 1. The van der Waals surface area contributed by atoms with E-state index in [4.69, 9.17) is 0 Å². The van der Waals surface area contributed by atoms with Gasteiger partial charge in [0.05, 0.1) is 12.0 Å². The van der Waals surface area contributed by atoms with Crippen LogP contribution in [0.4, 0.5) is 5.69 Å². The number of carbonyl (C=O) groups is 2. The molecule has 2 amide bonds. The number of anilines is 1. The molecule has 2 aromatic carbocycles. The zero-order chi connectivity index (χ0) is 25.9. The molecule has 1 saturated heterocycles. The lowest BCUT2D eigenvalue weighted by Gasteiger charge is -2.41. The van der Waals surface area contributed by atoms with Crippen LogP contribution < -0.4 is 10.2 Å². The molecule has 1 aromatic heterocycles. The van der Waals surface area contributed by atoms with Gasteiger partial charge in [-0.2, -0.15) is 0 Å². The molecule has 0 bridgehead atoms. The van der Waals surface area contributed by atoms with Crippen LogP contribution in [0, 0.1) is 6.92 Å². The summed E-state index contributed by atoms with van der Waals surface area (Å²) in [4.78, 5) is 34.4. The Labute approximate surface area is 223 Å². The van der Waals surface area contributed by atoms with Crippen molar-refractivity contribution >= 4 is 28.8 Å². The maximum Gasteiger partial charge on any atom is 0.254 e. The summed E-state index contributed by atoms with van der Waals surface area (Å²) >= 11 is 1.59. The van der Waals surface area contributed by atoms with Crippen molar-refractivity contribution in [3.05, 3.63) is 87.6 Å². The average Bonchev–Trinajstić information content (AvgIpc) is 3.43. The zero-order valence-electron chi connectivity index (χ0n) is 21.9. The highest BCUT2D eigenvalue weighted by atomic mass is 32.1. The first-order chi connectivity index (χ1) is 17.9. The number of thiophene rings is 1. The summed E-state index contributed by atoms with van der Waals surface area (Å²) in [6, 6.07) is 20.4. The Kier molecular flexibility index (Phi) is 7.63. The number of amides is 2. The molecule has 3 heterocycles. The molecule has 2 aliphatic heterocycles. The van der Waals surface area contributed by atoms with Crippen LogP contribution in [0.5, 0.6) is 0 Å². The van der Waals surface area contributed by atoms with Crippen LogP contribution in [0.3, 0.4) is 0 Å². The minimum atomic E-state index is -0.421. The molecule has 37 heavy (non-hydrogen) atoms. The van der Waals surface area contributed by atoms with Crippen LogP contribution in [-0.2, 0) is 4.79 Å². The number of hydrogen-bond acceptors (Lipinski definition) is 5. The lowest BCUT2D eigenvalue weighted by molar-refractivity contribution is -0.124. The largest absolute Gasteiger partial charge is 0.366 e. The summed E-state index contributed by atoms with van der Waals surface area (Å²) in [6.45, 7) is 9.07.